The number of ketones is 1. The van der Waals surface area contributed by atoms with Crippen molar-refractivity contribution >= 4 is 27.7 Å². The second-order valence-electron chi connectivity index (χ2n) is 3.56. The van der Waals surface area contributed by atoms with Crippen molar-refractivity contribution in [3.05, 3.63) is 27.7 Å². The van der Waals surface area contributed by atoms with Gasteiger partial charge in [0.25, 0.3) is 5.78 Å². The van der Waals surface area contributed by atoms with Gasteiger partial charge in [0.1, 0.15) is 5.75 Å². The summed E-state index contributed by atoms with van der Waals surface area (Å²) < 4.78 is 10.5. The van der Waals surface area contributed by atoms with Crippen LogP contribution in [0.2, 0.25) is 0 Å². The Balaban J connectivity index is 3.24. The highest BCUT2D eigenvalue weighted by atomic mass is 79.9. The van der Waals surface area contributed by atoms with E-state index in [9.17, 15) is 9.59 Å². The molecule has 0 heterocycles. The molecule has 1 rings (SSSR count). The molecule has 5 heteroatoms. The van der Waals surface area contributed by atoms with Crippen molar-refractivity contribution in [3.63, 3.8) is 0 Å². The van der Waals surface area contributed by atoms with Crippen molar-refractivity contribution in [3.8, 4) is 5.75 Å². The maximum atomic E-state index is 12.0. The molecule has 1 aromatic rings. The second kappa shape index (κ2) is 6.54. The first-order chi connectivity index (χ1) is 8.54. The van der Waals surface area contributed by atoms with Gasteiger partial charge in [-0.1, -0.05) is 6.92 Å². The molecule has 0 aliphatic carbocycles. The topological polar surface area (TPSA) is 52.6 Å². The summed E-state index contributed by atoms with van der Waals surface area (Å²) in [4.78, 5) is 23.4. The number of hydrogen-bond acceptors (Lipinski definition) is 4. The van der Waals surface area contributed by atoms with Crippen LogP contribution in [0.3, 0.4) is 0 Å². The number of aryl methyl sites for hydroxylation is 1. The lowest BCUT2D eigenvalue weighted by atomic mass is 10.0. The standard InChI is InChI=1S/C13H15BrO4/c1-4-8-6-9(11(15)13(16)18-5-2)12(17-3)10(14)7-8/h6-7H,4-5H2,1-3H3. The van der Waals surface area contributed by atoms with E-state index in [1.54, 1.807) is 13.0 Å². The number of carbonyl (C=O) groups excluding carboxylic acids is 2. The fraction of sp³-hybridized carbons (Fsp3) is 0.385. The summed E-state index contributed by atoms with van der Waals surface area (Å²) in [6.07, 6.45) is 0.756. The van der Waals surface area contributed by atoms with Gasteiger partial charge in [-0.05, 0) is 47.0 Å². The first kappa shape index (κ1) is 14.7. The van der Waals surface area contributed by atoms with Gasteiger partial charge in [0.2, 0.25) is 0 Å². The summed E-state index contributed by atoms with van der Waals surface area (Å²) >= 11 is 3.33. The summed E-state index contributed by atoms with van der Waals surface area (Å²) in [5.74, 6) is -1.20. The van der Waals surface area contributed by atoms with Crippen molar-refractivity contribution < 1.29 is 19.1 Å². The normalized spacial score (nSPS) is 10.0. The molecule has 0 aliphatic heterocycles. The fourth-order valence-corrected chi connectivity index (χ4v) is 2.21. The Morgan fingerprint density at radius 3 is 2.44 bits per heavy atom. The van der Waals surface area contributed by atoms with Gasteiger partial charge >= 0.3 is 5.97 Å². The second-order valence-corrected chi connectivity index (χ2v) is 4.42. The van der Waals surface area contributed by atoms with Crippen LogP contribution in [0.1, 0.15) is 29.8 Å². The van der Waals surface area contributed by atoms with Gasteiger partial charge in [-0.25, -0.2) is 4.79 Å². The molecular weight excluding hydrogens is 300 g/mol. The lowest BCUT2D eigenvalue weighted by Gasteiger charge is -2.11. The third kappa shape index (κ3) is 3.10. The predicted octanol–water partition coefficient (Wildman–Crippen LogP) is 2.77. The third-order valence-corrected chi connectivity index (χ3v) is 3.01. The lowest BCUT2D eigenvalue weighted by Crippen LogP contribution is -2.18. The average molecular weight is 315 g/mol. The zero-order valence-corrected chi connectivity index (χ0v) is 12.2. The Labute approximate surface area is 114 Å². The number of esters is 1. The molecule has 0 aromatic heterocycles. The monoisotopic (exact) mass is 314 g/mol. The van der Waals surface area contributed by atoms with E-state index in [-0.39, 0.29) is 12.2 Å². The molecule has 0 radical (unpaired) electrons. The van der Waals surface area contributed by atoms with Crippen LogP contribution in [-0.4, -0.2) is 25.5 Å². The summed E-state index contributed by atoms with van der Waals surface area (Å²) in [6.45, 7) is 3.79. The predicted molar refractivity (Wildman–Crippen MR) is 71.0 cm³/mol. The van der Waals surface area contributed by atoms with Crippen LogP contribution in [-0.2, 0) is 16.0 Å². The lowest BCUT2D eigenvalue weighted by molar-refractivity contribution is -0.137. The third-order valence-electron chi connectivity index (χ3n) is 2.42. The summed E-state index contributed by atoms with van der Waals surface area (Å²) in [5, 5.41) is 0. The molecular formula is C13H15BrO4. The highest BCUT2D eigenvalue weighted by molar-refractivity contribution is 9.10. The molecule has 0 spiro atoms. The van der Waals surface area contributed by atoms with Crippen molar-refractivity contribution in [1.29, 1.82) is 0 Å². The SMILES string of the molecule is CCOC(=O)C(=O)c1cc(CC)cc(Br)c1OC. The number of carbonyl (C=O) groups is 2. The van der Waals surface area contributed by atoms with Crippen LogP contribution in [0.5, 0.6) is 5.75 Å². The first-order valence-corrected chi connectivity index (χ1v) is 6.42. The van der Waals surface area contributed by atoms with Crippen LogP contribution in [0, 0.1) is 0 Å². The molecule has 0 saturated carbocycles. The maximum Gasteiger partial charge on any atom is 0.379 e. The smallest absolute Gasteiger partial charge is 0.379 e. The number of hydrogen-bond donors (Lipinski definition) is 0. The minimum Gasteiger partial charge on any atom is -0.495 e. The molecule has 0 amide bonds. The number of ether oxygens (including phenoxy) is 2. The van der Waals surface area contributed by atoms with Crippen LogP contribution in [0.15, 0.2) is 16.6 Å². The molecule has 18 heavy (non-hydrogen) atoms. The van der Waals surface area contributed by atoms with Gasteiger partial charge in [-0.2, -0.15) is 0 Å². The summed E-state index contributed by atoms with van der Waals surface area (Å²) in [6, 6.07) is 3.52. The van der Waals surface area contributed by atoms with Gasteiger partial charge < -0.3 is 9.47 Å². The Hall–Kier alpha value is -1.36. The van der Waals surface area contributed by atoms with Gasteiger partial charge in [0, 0.05) is 0 Å². The Morgan fingerprint density at radius 1 is 1.28 bits per heavy atom. The molecule has 98 valence electrons. The van der Waals surface area contributed by atoms with Crippen molar-refractivity contribution in [2.24, 2.45) is 0 Å². The largest absolute Gasteiger partial charge is 0.495 e. The number of halogens is 1. The molecule has 0 saturated heterocycles. The zero-order chi connectivity index (χ0) is 13.7. The van der Waals surface area contributed by atoms with Crippen molar-refractivity contribution in [2.45, 2.75) is 20.3 Å². The molecule has 0 atom stereocenters. The van der Waals surface area contributed by atoms with Crippen molar-refractivity contribution in [1.82, 2.24) is 0 Å². The Bertz CT molecular complexity index is 468. The van der Waals surface area contributed by atoms with Crippen LogP contribution >= 0.6 is 15.9 Å². The first-order valence-electron chi connectivity index (χ1n) is 5.62. The van der Waals surface area contributed by atoms with Crippen LogP contribution in [0.25, 0.3) is 0 Å². The van der Waals surface area contributed by atoms with Crippen molar-refractivity contribution in [2.75, 3.05) is 13.7 Å². The van der Waals surface area contributed by atoms with Gasteiger partial charge in [0.15, 0.2) is 0 Å². The molecule has 0 unspecified atom stereocenters. The van der Waals surface area contributed by atoms with E-state index in [1.165, 1.54) is 7.11 Å². The van der Waals surface area contributed by atoms with Crippen LogP contribution < -0.4 is 4.74 Å². The van der Waals surface area contributed by atoms with Crippen LogP contribution in [0.4, 0.5) is 0 Å². The molecule has 0 aliphatic rings. The minimum atomic E-state index is -0.865. The summed E-state index contributed by atoms with van der Waals surface area (Å²) in [7, 11) is 1.45. The number of methoxy groups -OCH3 is 1. The average Bonchev–Trinajstić information content (AvgIpc) is 2.37. The number of rotatable bonds is 5. The molecule has 0 fully saturated rings. The Kier molecular flexibility index (Phi) is 5.34. The molecule has 0 bridgehead atoms. The van der Waals surface area contributed by atoms with E-state index in [0.29, 0.717) is 10.2 Å². The number of benzene rings is 1. The van der Waals surface area contributed by atoms with E-state index in [4.69, 9.17) is 9.47 Å². The van der Waals surface area contributed by atoms with Gasteiger partial charge in [-0.15, -0.1) is 0 Å². The summed E-state index contributed by atoms with van der Waals surface area (Å²) in [5.41, 5.74) is 1.16. The highest BCUT2D eigenvalue weighted by Crippen LogP contribution is 2.31. The van der Waals surface area contributed by atoms with E-state index >= 15 is 0 Å². The van der Waals surface area contributed by atoms with E-state index in [2.05, 4.69) is 15.9 Å². The van der Waals surface area contributed by atoms with E-state index < -0.39 is 11.8 Å². The minimum absolute atomic E-state index is 0.168. The van der Waals surface area contributed by atoms with E-state index in [1.807, 2.05) is 13.0 Å². The molecule has 1 aromatic carbocycles. The van der Waals surface area contributed by atoms with Gasteiger partial charge in [-0.3, -0.25) is 4.79 Å². The molecule has 4 nitrogen and oxygen atoms in total. The quantitative estimate of drug-likeness (QED) is 0.476. The fourth-order valence-electron chi connectivity index (χ4n) is 1.54. The highest BCUT2D eigenvalue weighted by Gasteiger charge is 2.23. The maximum absolute atomic E-state index is 12.0. The number of Topliss-reactive ketones (excluding diaryl/α,β-unsaturated/α-hetero) is 1. The zero-order valence-electron chi connectivity index (χ0n) is 10.6. The molecule has 0 N–H and O–H groups in total. The Morgan fingerprint density at radius 2 is 1.94 bits per heavy atom. The van der Waals surface area contributed by atoms with Gasteiger partial charge in [0.05, 0.1) is 23.8 Å². The van der Waals surface area contributed by atoms with E-state index in [0.717, 1.165) is 12.0 Å².